The monoisotopic (exact) mass is 304 g/mol. The summed E-state index contributed by atoms with van der Waals surface area (Å²) >= 11 is 0. The van der Waals surface area contributed by atoms with Crippen molar-refractivity contribution in [2.75, 3.05) is 20.8 Å². The summed E-state index contributed by atoms with van der Waals surface area (Å²) in [5, 5.41) is 0.727. The smallest absolute Gasteiger partial charge is 0.336 e. The molecular weight excluding hydrogens is 288 g/mol. The van der Waals surface area contributed by atoms with Crippen LogP contribution >= 0.6 is 0 Å². The molecule has 0 bridgehead atoms. The molecule has 0 saturated heterocycles. The molecular formula is C16H16O6. The highest BCUT2D eigenvalue weighted by molar-refractivity contribution is 5.87. The highest BCUT2D eigenvalue weighted by atomic mass is 16.5. The zero-order valence-corrected chi connectivity index (χ0v) is 12.5. The van der Waals surface area contributed by atoms with Crippen LogP contribution in [0.1, 0.15) is 6.92 Å². The van der Waals surface area contributed by atoms with Crippen LogP contribution in [0.5, 0.6) is 11.5 Å². The molecule has 0 N–H and O–H groups in total. The van der Waals surface area contributed by atoms with E-state index in [-0.39, 0.29) is 6.61 Å². The third kappa shape index (κ3) is 3.46. The Balaban J connectivity index is 2.26. The van der Waals surface area contributed by atoms with Crippen LogP contribution in [-0.2, 0) is 9.53 Å². The van der Waals surface area contributed by atoms with E-state index in [0.29, 0.717) is 22.7 Å². The average molecular weight is 304 g/mol. The fourth-order valence-electron chi connectivity index (χ4n) is 1.85. The lowest BCUT2D eigenvalue weighted by molar-refractivity contribution is -0.136. The number of hydrogen-bond acceptors (Lipinski definition) is 6. The topological polar surface area (TPSA) is 75.0 Å². The van der Waals surface area contributed by atoms with E-state index in [9.17, 15) is 9.59 Å². The van der Waals surface area contributed by atoms with E-state index >= 15 is 0 Å². The first-order valence-corrected chi connectivity index (χ1v) is 6.55. The van der Waals surface area contributed by atoms with Crippen molar-refractivity contribution in [1.82, 2.24) is 0 Å². The molecule has 6 nitrogen and oxygen atoms in total. The minimum atomic E-state index is -0.440. The van der Waals surface area contributed by atoms with E-state index in [4.69, 9.17) is 13.9 Å². The molecule has 0 radical (unpaired) electrons. The molecule has 0 aliphatic carbocycles. The summed E-state index contributed by atoms with van der Waals surface area (Å²) in [6.45, 7) is 1.78. The van der Waals surface area contributed by atoms with Crippen molar-refractivity contribution < 1.29 is 23.4 Å². The van der Waals surface area contributed by atoms with Crippen LogP contribution < -0.4 is 15.1 Å². The summed E-state index contributed by atoms with van der Waals surface area (Å²) in [5.74, 6) is 0.504. The minimum Gasteiger partial charge on any atom is -0.493 e. The van der Waals surface area contributed by atoms with Gasteiger partial charge in [-0.25, -0.2) is 9.59 Å². The molecule has 2 aromatic rings. The van der Waals surface area contributed by atoms with Gasteiger partial charge in [0.15, 0.2) is 11.5 Å². The summed E-state index contributed by atoms with van der Waals surface area (Å²) in [6.07, 6.45) is 1.59. The fourth-order valence-corrected chi connectivity index (χ4v) is 1.85. The number of fused-ring (bicyclic) bond motifs is 1. The van der Waals surface area contributed by atoms with Crippen molar-refractivity contribution >= 4 is 16.9 Å². The lowest BCUT2D eigenvalue weighted by Crippen LogP contribution is -2.04. The molecule has 6 heteroatoms. The number of methoxy groups -OCH3 is 2. The Kier molecular flexibility index (Phi) is 4.83. The van der Waals surface area contributed by atoms with Crippen molar-refractivity contribution in [3.8, 4) is 11.5 Å². The normalized spacial score (nSPS) is 11.3. The number of esters is 1. The van der Waals surface area contributed by atoms with Gasteiger partial charge in [0.1, 0.15) is 12.2 Å². The summed E-state index contributed by atoms with van der Waals surface area (Å²) in [7, 11) is 2.83. The molecule has 0 fully saturated rings. The quantitative estimate of drug-likeness (QED) is 0.479. The summed E-state index contributed by atoms with van der Waals surface area (Å²) < 4.78 is 20.5. The third-order valence-corrected chi connectivity index (χ3v) is 3.04. The molecule has 116 valence electrons. The summed E-state index contributed by atoms with van der Waals surface area (Å²) in [4.78, 5) is 22.5. The van der Waals surface area contributed by atoms with Crippen LogP contribution in [-0.4, -0.2) is 26.8 Å². The fraction of sp³-hybridized carbons (Fsp3) is 0.250. The molecule has 0 aliphatic rings. The molecule has 0 spiro atoms. The lowest BCUT2D eigenvalue weighted by atomic mass is 10.2. The van der Waals surface area contributed by atoms with Crippen molar-refractivity contribution in [1.29, 1.82) is 0 Å². The highest BCUT2D eigenvalue weighted by Crippen LogP contribution is 2.31. The zero-order chi connectivity index (χ0) is 16.1. The molecule has 0 aliphatic heterocycles. The van der Waals surface area contributed by atoms with Gasteiger partial charge in [0.25, 0.3) is 0 Å². The Hall–Kier alpha value is -2.76. The van der Waals surface area contributed by atoms with Crippen LogP contribution in [0.4, 0.5) is 0 Å². The minimum absolute atomic E-state index is 0.153. The Labute approximate surface area is 126 Å². The van der Waals surface area contributed by atoms with Gasteiger partial charge in [0, 0.05) is 23.1 Å². The predicted octanol–water partition coefficient (Wildman–Crippen LogP) is 2.30. The Morgan fingerprint density at radius 1 is 1.23 bits per heavy atom. The molecule has 0 amide bonds. The first-order valence-electron chi connectivity index (χ1n) is 6.55. The largest absolute Gasteiger partial charge is 0.493 e. The third-order valence-electron chi connectivity index (χ3n) is 3.04. The summed E-state index contributed by atoms with van der Waals surface area (Å²) in [5.41, 5.74) is 0.399. The highest BCUT2D eigenvalue weighted by Gasteiger charge is 2.09. The van der Waals surface area contributed by atoms with E-state index in [1.807, 2.05) is 0 Å². The molecule has 0 atom stereocenters. The first-order chi connectivity index (χ1) is 10.5. The van der Waals surface area contributed by atoms with Gasteiger partial charge < -0.3 is 18.6 Å². The lowest BCUT2D eigenvalue weighted by Gasteiger charge is -2.10. The van der Waals surface area contributed by atoms with E-state index < -0.39 is 11.6 Å². The van der Waals surface area contributed by atoms with Crippen molar-refractivity contribution in [2.45, 2.75) is 6.92 Å². The number of carbonyl (C=O) groups is 1. The Bertz CT molecular complexity index is 772. The van der Waals surface area contributed by atoms with Crippen LogP contribution in [0.25, 0.3) is 11.0 Å². The summed E-state index contributed by atoms with van der Waals surface area (Å²) in [6, 6.07) is 6.28. The van der Waals surface area contributed by atoms with E-state index in [1.54, 1.807) is 31.2 Å². The van der Waals surface area contributed by atoms with Gasteiger partial charge in [-0.2, -0.15) is 0 Å². The molecule has 1 aromatic heterocycles. The van der Waals surface area contributed by atoms with Gasteiger partial charge in [0.05, 0.1) is 14.2 Å². The standard InChI is InChI=1S/C16H16O6/c1-10(16(18)20-3)6-7-21-14-9-12-11(8-13(14)19-2)4-5-15(17)22-12/h4-6,8-9H,7H2,1-3H3/b10-6+. The first kappa shape index (κ1) is 15.6. The molecule has 2 rings (SSSR count). The second-order valence-corrected chi connectivity index (χ2v) is 4.49. The van der Waals surface area contributed by atoms with Gasteiger partial charge >= 0.3 is 11.6 Å². The van der Waals surface area contributed by atoms with Crippen LogP contribution in [0.15, 0.2) is 45.1 Å². The second-order valence-electron chi connectivity index (χ2n) is 4.49. The number of benzene rings is 1. The van der Waals surface area contributed by atoms with Crippen molar-refractivity contribution in [3.63, 3.8) is 0 Å². The molecule has 22 heavy (non-hydrogen) atoms. The molecule has 0 saturated carbocycles. The van der Waals surface area contributed by atoms with Crippen LogP contribution in [0.2, 0.25) is 0 Å². The SMILES string of the molecule is COC(=O)/C(C)=C/COc1cc2oc(=O)ccc2cc1OC. The van der Waals surface area contributed by atoms with Crippen LogP contribution in [0.3, 0.4) is 0 Å². The van der Waals surface area contributed by atoms with Gasteiger partial charge in [-0.3, -0.25) is 0 Å². The Morgan fingerprint density at radius 3 is 2.68 bits per heavy atom. The van der Waals surface area contributed by atoms with Gasteiger partial charge in [-0.1, -0.05) is 0 Å². The molecule has 1 heterocycles. The van der Waals surface area contributed by atoms with Gasteiger partial charge in [-0.05, 0) is 25.1 Å². The van der Waals surface area contributed by atoms with E-state index in [2.05, 4.69) is 4.74 Å². The Morgan fingerprint density at radius 2 is 2.00 bits per heavy atom. The number of rotatable bonds is 5. The van der Waals surface area contributed by atoms with E-state index in [1.165, 1.54) is 20.3 Å². The molecule has 1 aromatic carbocycles. The average Bonchev–Trinajstić information content (AvgIpc) is 2.53. The van der Waals surface area contributed by atoms with Crippen LogP contribution in [0, 0.1) is 0 Å². The maximum atomic E-state index is 11.3. The maximum Gasteiger partial charge on any atom is 0.336 e. The number of ether oxygens (including phenoxy) is 3. The molecule has 0 unspecified atom stereocenters. The maximum absolute atomic E-state index is 11.3. The van der Waals surface area contributed by atoms with E-state index in [0.717, 1.165) is 5.39 Å². The van der Waals surface area contributed by atoms with Gasteiger partial charge in [0.2, 0.25) is 0 Å². The number of hydrogen-bond donors (Lipinski definition) is 0. The van der Waals surface area contributed by atoms with Crippen molar-refractivity contribution in [3.05, 3.63) is 46.3 Å². The number of carbonyl (C=O) groups excluding carboxylic acids is 1. The predicted molar refractivity (Wildman–Crippen MR) is 80.3 cm³/mol. The van der Waals surface area contributed by atoms with Gasteiger partial charge in [-0.15, -0.1) is 0 Å². The zero-order valence-electron chi connectivity index (χ0n) is 12.5. The second kappa shape index (κ2) is 6.80. The van der Waals surface area contributed by atoms with Crippen molar-refractivity contribution in [2.24, 2.45) is 0 Å².